The lowest BCUT2D eigenvalue weighted by atomic mass is 10.2. The van der Waals surface area contributed by atoms with Gasteiger partial charge in [0.2, 0.25) is 10.0 Å². The summed E-state index contributed by atoms with van der Waals surface area (Å²) in [5.74, 6) is 0. The number of sulfonamides is 1. The molecule has 0 aliphatic rings. The van der Waals surface area contributed by atoms with Crippen LogP contribution in [0.2, 0.25) is 0 Å². The predicted octanol–water partition coefficient (Wildman–Crippen LogP) is 0.315. The van der Waals surface area contributed by atoms with E-state index in [2.05, 4.69) is 9.82 Å². The van der Waals surface area contributed by atoms with Gasteiger partial charge in [-0.05, 0) is 18.2 Å². The third-order valence-corrected chi connectivity index (χ3v) is 4.02. The molecule has 2 aromatic rings. The summed E-state index contributed by atoms with van der Waals surface area (Å²) in [5, 5.41) is 12.7. The van der Waals surface area contributed by atoms with Crippen molar-refractivity contribution in [3.8, 4) is 6.07 Å². The van der Waals surface area contributed by atoms with Crippen molar-refractivity contribution in [3.05, 3.63) is 42.2 Å². The van der Waals surface area contributed by atoms with Gasteiger partial charge in [-0.1, -0.05) is 6.07 Å². The topological polar surface area (TPSA) is 114 Å². The second-order valence-corrected chi connectivity index (χ2v) is 5.84. The van der Waals surface area contributed by atoms with E-state index in [-0.39, 0.29) is 11.4 Å². The molecule has 8 heteroatoms. The van der Waals surface area contributed by atoms with Gasteiger partial charge in [-0.15, -0.1) is 0 Å². The third kappa shape index (κ3) is 3.34. The van der Waals surface area contributed by atoms with Crippen LogP contribution >= 0.6 is 0 Å². The molecule has 0 amide bonds. The van der Waals surface area contributed by atoms with Crippen molar-refractivity contribution in [3.63, 3.8) is 0 Å². The highest BCUT2D eigenvalue weighted by Gasteiger charge is 2.13. The Morgan fingerprint density at radius 3 is 2.90 bits per heavy atom. The van der Waals surface area contributed by atoms with Crippen molar-refractivity contribution >= 4 is 15.7 Å². The van der Waals surface area contributed by atoms with Crippen LogP contribution in [0.15, 0.2) is 41.6 Å². The normalized spacial score (nSPS) is 11.2. The number of benzene rings is 1. The number of nitrogens with two attached hydrogens (primary N) is 1. The molecule has 0 aliphatic carbocycles. The second-order valence-electron chi connectivity index (χ2n) is 4.07. The molecule has 104 valence electrons. The molecule has 0 aliphatic heterocycles. The Hall–Kier alpha value is -2.37. The highest BCUT2D eigenvalue weighted by Crippen LogP contribution is 2.10. The molecule has 1 aromatic carbocycles. The van der Waals surface area contributed by atoms with Crippen molar-refractivity contribution in [2.45, 2.75) is 11.4 Å². The van der Waals surface area contributed by atoms with Crippen LogP contribution in [0.25, 0.3) is 0 Å². The molecule has 7 nitrogen and oxygen atoms in total. The molecule has 0 bridgehead atoms. The van der Waals surface area contributed by atoms with E-state index in [0.717, 1.165) is 0 Å². The van der Waals surface area contributed by atoms with E-state index < -0.39 is 10.0 Å². The first-order valence-electron chi connectivity index (χ1n) is 5.79. The highest BCUT2D eigenvalue weighted by molar-refractivity contribution is 7.89. The van der Waals surface area contributed by atoms with Crippen molar-refractivity contribution in [2.24, 2.45) is 0 Å². The Bertz CT molecular complexity index is 745. The fraction of sp³-hybridized carbons (Fsp3) is 0.167. The minimum Gasteiger partial charge on any atom is -0.396 e. The van der Waals surface area contributed by atoms with Gasteiger partial charge in [0.1, 0.15) is 0 Å². The lowest BCUT2D eigenvalue weighted by Gasteiger charge is -2.07. The molecule has 0 radical (unpaired) electrons. The molecular weight excluding hydrogens is 278 g/mol. The number of aromatic nitrogens is 2. The van der Waals surface area contributed by atoms with Crippen LogP contribution in [0.1, 0.15) is 5.56 Å². The number of hydrogen-bond donors (Lipinski definition) is 2. The first kappa shape index (κ1) is 14.0. The zero-order valence-corrected chi connectivity index (χ0v) is 11.3. The summed E-state index contributed by atoms with van der Waals surface area (Å²) >= 11 is 0. The Morgan fingerprint density at radius 2 is 2.25 bits per heavy atom. The van der Waals surface area contributed by atoms with Crippen LogP contribution in [0.4, 0.5) is 5.69 Å². The fourth-order valence-electron chi connectivity index (χ4n) is 1.61. The van der Waals surface area contributed by atoms with Gasteiger partial charge in [0, 0.05) is 12.7 Å². The summed E-state index contributed by atoms with van der Waals surface area (Å²) in [7, 11) is -3.63. The Balaban J connectivity index is 2.02. The molecule has 0 fully saturated rings. The summed E-state index contributed by atoms with van der Waals surface area (Å²) < 4.78 is 28.0. The molecule has 3 N–H and O–H groups in total. The van der Waals surface area contributed by atoms with Crippen molar-refractivity contribution < 1.29 is 8.42 Å². The van der Waals surface area contributed by atoms with Gasteiger partial charge in [0.25, 0.3) is 0 Å². The Kier molecular flexibility index (Phi) is 4.02. The molecule has 1 heterocycles. The second kappa shape index (κ2) is 5.73. The molecule has 0 saturated carbocycles. The van der Waals surface area contributed by atoms with E-state index in [1.54, 1.807) is 16.9 Å². The van der Waals surface area contributed by atoms with E-state index in [1.807, 2.05) is 6.07 Å². The number of hydrogen-bond acceptors (Lipinski definition) is 5. The van der Waals surface area contributed by atoms with Crippen LogP contribution in [0, 0.1) is 11.3 Å². The van der Waals surface area contributed by atoms with E-state index in [0.29, 0.717) is 17.8 Å². The molecule has 1 aromatic heterocycles. The van der Waals surface area contributed by atoms with Crippen molar-refractivity contribution in [2.75, 3.05) is 12.3 Å². The summed E-state index contributed by atoms with van der Waals surface area (Å²) in [6, 6.07) is 7.75. The van der Waals surface area contributed by atoms with E-state index in [1.165, 1.54) is 24.4 Å². The number of nitriles is 1. The van der Waals surface area contributed by atoms with Gasteiger partial charge in [0.05, 0.1) is 35.0 Å². The number of rotatable bonds is 5. The summed E-state index contributed by atoms with van der Waals surface area (Å²) in [6.45, 7) is 0.550. The maximum absolute atomic E-state index is 12.0. The molecule has 0 saturated heterocycles. The SMILES string of the molecule is N#Cc1cccc(S(=O)(=O)NCCn2cc(N)cn2)c1. The van der Waals surface area contributed by atoms with E-state index in [4.69, 9.17) is 11.0 Å². The highest BCUT2D eigenvalue weighted by atomic mass is 32.2. The minimum atomic E-state index is -3.63. The quantitative estimate of drug-likeness (QED) is 0.823. The number of nitrogens with one attached hydrogen (secondary N) is 1. The van der Waals surface area contributed by atoms with Gasteiger partial charge in [-0.3, -0.25) is 4.68 Å². The van der Waals surface area contributed by atoms with Crippen molar-refractivity contribution in [1.29, 1.82) is 5.26 Å². The van der Waals surface area contributed by atoms with Gasteiger partial charge in [-0.25, -0.2) is 13.1 Å². The minimum absolute atomic E-state index is 0.0662. The number of nitrogens with zero attached hydrogens (tertiary/aromatic N) is 3. The predicted molar refractivity (Wildman–Crippen MR) is 73.0 cm³/mol. The zero-order valence-electron chi connectivity index (χ0n) is 10.5. The summed E-state index contributed by atoms with van der Waals surface area (Å²) in [6.07, 6.45) is 3.11. The monoisotopic (exact) mass is 291 g/mol. The van der Waals surface area contributed by atoms with Crippen LogP contribution < -0.4 is 10.5 Å². The molecule has 0 atom stereocenters. The molecule has 2 rings (SSSR count). The molecule has 0 unspecified atom stereocenters. The van der Waals surface area contributed by atoms with Gasteiger partial charge < -0.3 is 5.73 Å². The van der Waals surface area contributed by atoms with Gasteiger partial charge in [0.15, 0.2) is 0 Å². The van der Waals surface area contributed by atoms with Crippen LogP contribution in [0.5, 0.6) is 0 Å². The standard InChI is InChI=1S/C12H13N5O2S/c13-7-10-2-1-3-12(6-10)20(18,19)16-4-5-17-9-11(14)8-15-17/h1-3,6,8-9,16H,4-5,14H2. The lowest BCUT2D eigenvalue weighted by Crippen LogP contribution is -2.27. The molecule has 20 heavy (non-hydrogen) atoms. The maximum Gasteiger partial charge on any atom is 0.240 e. The van der Waals surface area contributed by atoms with Crippen LogP contribution in [0.3, 0.4) is 0 Å². The first-order valence-corrected chi connectivity index (χ1v) is 7.27. The van der Waals surface area contributed by atoms with Crippen molar-refractivity contribution in [1.82, 2.24) is 14.5 Å². The molecular formula is C12H13N5O2S. The third-order valence-electron chi connectivity index (χ3n) is 2.56. The average Bonchev–Trinajstić information content (AvgIpc) is 2.84. The van der Waals surface area contributed by atoms with E-state index >= 15 is 0 Å². The first-order chi connectivity index (χ1) is 9.51. The summed E-state index contributed by atoms with van der Waals surface area (Å²) in [4.78, 5) is 0.0662. The smallest absolute Gasteiger partial charge is 0.240 e. The number of nitrogen functional groups attached to an aromatic ring is 1. The molecule has 0 spiro atoms. The van der Waals surface area contributed by atoms with Crippen LogP contribution in [-0.4, -0.2) is 24.7 Å². The Morgan fingerprint density at radius 1 is 1.45 bits per heavy atom. The van der Waals surface area contributed by atoms with E-state index in [9.17, 15) is 8.42 Å². The average molecular weight is 291 g/mol. The maximum atomic E-state index is 12.0. The van der Waals surface area contributed by atoms with Gasteiger partial charge in [-0.2, -0.15) is 10.4 Å². The summed E-state index contributed by atoms with van der Waals surface area (Å²) in [5.41, 5.74) is 6.33. The van der Waals surface area contributed by atoms with Crippen LogP contribution in [-0.2, 0) is 16.6 Å². The Labute approximate surface area is 116 Å². The van der Waals surface area contributed by atoms with Gasteiger partial charge >= 0.3 is 0 Å². The number of anilines is 1. The largest absolute Gasteiger partial charge is 0.396 e. The fourth-order valence-corrected chi connectivity index (χ4v) is 2.68. The lowest BCUT2D eigenvalue weighted by molar-refractivity contribution is 0.561. The zero-order chi connectivity index (χ0) is 14.6.